The minimum Gasteiger partial charge on any atom is -0.322 e. The molecule has 1 atom stereocenters. The van der Waals surface area contributed by atoms with Gasteiger partial charge in [0.1, 0.15) is 5.82 Å². The van der Waals surface area contributed by atoms with Gasteiger partial charge in [-0.05, 0) is 55.3 Å². The van der Waals surface area contributed by atoms with Crippen molar-refractivity contribution in [2.24, 2.45) is 0 Å². The van der Waals surface area contributed by atoms with Crippen molar-refractivity contribution < 1.29 is 27.3 Å². The molecule has 0 saturated carbocycles. The molecule has 1 N–H and O–H groups in total. The van der Waals surface area contributed by atoms with Crippen molar-refractivity contribution in [1.29, 1.82) is 0 Å². The lowest BCUT2D eigenvalue weighted by Crippen LogP contribution is -3.19. The first kappa shape index (κ1) is 21.6. The number of carbonyl (C=O) groups excluding carboxylic acids is 2. The van der Waals surface area contributed by atoms with E-state index in [2.05, 4.69) is 0 Å². The Bertz CT molecular complexity index is 1130. The average Bonchev–Trinajstić information content (AvgIpc) is 3.04. The molecule has 2 aliphatic rings. The van der Waals surface area contributed by atoms with Crippen LogP contribution in [0.1, 0.15) is 17.5 Å². The number of hydrogen-bond donors (Lipinski definition) is 1. The molecule has 0 aliphatic carbocycles. The number of carbonyl (C=O) groups is 2. The van der Waals surface area contributed by atoms with Crippen LogP contribution in [0.2, 0.25) is 0 Å². The summed E-state index contributed by atoms with van der Waals surface area (Å²) in [5.41, 5.74) is 1.94. The summed E-state index contributed by atoms with van der Waals surface area (Å²) in [6.07, 6.45) is 0.0648. The third-order valence-electron chi connectivity index (χ3n) is 6.05. The van der Waals surface area contributed by atoms with Crippen molar-refractivity contribution in [3.05, 3.63) is 59.4 Å². The summed E-state index contributed by atoms with van der Waals surface area (Å²) in [5.74, 6) is -1.08. The number of quaternary nitrogens is 1. The molecule has 2 aromatic carbocycles. The fraction of sp³-hybridized carbons (Fsp3) is 0.364. The standard InChI is InChI=1S/C22H24FN3O4S/c1-15-3-4-16(2)20(13-15)31(29,30)25-11-9-24(10-12-25)19-14-21(27)26(22(19)28)18-7-5-17(23)6-8-18/h3-8,13,19H,9-12,14H2,1-2H3/p+1/t19-/m1/s1. The van der Waals surface area contributed by atoms with Gasteiger partial charge in [0.25, 0.3) is 5.91 Å². The maximum absolute atomic E-state index is 13.2. The van der Waals surface area contributed by atoms with Gasteiger partial charge in [0.05, 0.1) is 43.2 Å². The quantitative estimate of drug-likeness (QED) is 0.700. The second-order valence-corrected chi connectivity index (χ2v) is 10.0. The molecule has 164 valence electrons. The highest BCUT2D eigenvalue weighted by atomic mass is 32.2. The van der Waals surface area contributed by atoms with Gasteiger partial charge in [-0.2, -0.15) is 4.31 Å². The second-order valence-electron chi connectivity index (χ2n) is 8.13. The Labute approximate surface area is 181 Å². The number of sulfonamides is 1. The third kappa shape index (κ3) is 4.00. The van der Waals surface area contributed by atoms with Crippen LogP contribution in [0.4, 0.5) is 10.1 Å². The van der Waals surface area contributed by atoms with Crippen LogP contribution in [-0.4, -0.2) is 56.8 Å². The van der Waals surface area contributed by atoms with Gasteiger partial charge in [-0.1, -0.05) is 12.1 Å². The Hall–Kier alpha value is -2.62. The molecule has 2 aromatic rings. The van der Waals surface area contributed by atoms with Gasteiger partial charge in [-0.15, -0.1) is 0 Å². The van der Waals surface area contributed by atoms with Gasteiger partial charge in [-0.3, -0.25) is 9.59 Å². The van der Waals surface area contributed by atoms with Gasteiger partial charge >= 0.3 is 0 Å². The third-order valence-corrected chi connectivity index (χ3v) is 8.09. The lowest BCUT2D eigenvalue weighted by Gasteiger charge is -2.34. The van der Waals surface area contributed by atoms with Crippen molar-refractivity contribution in [3.63, 3.8) is 0 Å². The molecule has 0 unspecified atom stereocenters. The Morgan fingerprint density at radius 2 is 1.65 bits per heavy atom. The number of imide groups is 1. The number of nitrogens with one attached hydrogen (secondary N) is 1. The molecule has 2 aliphatic heterocycles. The lowest BCUT2D eigenvalue weighted by atomic mass is 10.2. The minimum atomic E-state index is -3.62. The fourth-order valence-electron chi connectivity index (χ4n) is 4.30. The molecule has 7 nitrogen and oxygen atoms in total. The summed E-state index contributed by atoms with van der Waals surface area (Å²) >= 11 is 0. The van der Waals surface area contributed by atoms with Gasteiger partial charge in [0, 0.05) is 0 Å². The first-order chi connectivity index (χ1) is 14.7. The molecule has 9 heteroatoms. The van der Waals surface area contributed by atoms with E-state index in [0.29, 0.717) is 29.2 Å². The number of nitrogens with zero attached hydrogens (tertiary/aromatic N) is 2. The van der Waals surface area contributed by atoms with Gasteiger partial charge < -0.3 is 4.90 Å². The molecule has 0 radical (unpaired) electrons. The van der Waals surface area contributed by atoms with E-state index in [-0.39, 0.29) is 31.3 Å². The molecular weight excluding hydrogens is 421 g/mol. The van der Waals surface area contributed by atoms with Crippen LogP contribution in [0.15, 0.2) is 47.4 Å². The van der Waals surface area contributed by atoms with Crippen LogP contribution in [0.3, 0.4) is 0 Å². The largest absolute Gasteiger partial charge is 0.322 e. The van der Waals surface area contributed by atoms with Crippen LogP contribution in [0, 0.1) is 19.7 Å². The maximum atomic E-state index is 13.2. The Kier molecular flexibility index (Phi) is 5.67. The highest BCUT2D eigenvalue weighted by Gasteiger charge is 2.47. The molecule has 0 spiro atoms. The average molecular weight is 447 g/mol. The summed E-state index contributed by atoms with van der Waals surface area (Å²) in [6.45, 7) is 5.06. The van der Waals surface area contributed by atoms with Crippen LogP contribution in [-0.2, 0) is 19.6 Å². The van der Waals surface area contributed by atoms with Crippen LogP contribution in [0.5, 0.6) is 0 Å². The molecule has 2 amide bonds. The number of anilines is 1. The van der Waals surface area contributed by atoms with Gasteiger partial charge in [0.15, 0.2) is 6.04 Å². The molecule has 31 heavy (non-hydrogen) atoms. The molecule has 2 heterocycles. The van der Waals surface area contributed by atoms with Crippen molar-refractivity contribution in [1.82, 2.24) is 4.31 Å². The van der Waals surface area contributed by atoms with E-state index in [1.807, 2.05) is 13.0 Å². The van der Waals surface area contributed by atoms with Crippen molar-refractivity contribution in [3.8, 4) is 0 Å². The highest BCUT2D eigenvalue weighted by Crippen LogP contribution is 2.23. The van der Waals surface area contributed by atoms with Crippen LogP contribution in [0.25, 0.3) is 0 Å². The molecule has 2 fully saturated rings. The van der Waals surface area contributed by atoms with Crippen LogP contribution >= 0.6 is 0 Å². The summed E-state index contributed by atoms with van der Waals surface area (Å²) < 4.78 is 40.9. The second kappa shape index (κ2) is 8.14. The van der Waals surface area contributed by atoms with Crippen LogP contribution < -0.4 is 9.80 Å². The van der Waals surface area contributed by atoms with E-state index in [9.17, 15) is 22.4 Å². The number of halogens is 1. The highest BCUT2D eigenvalue weighted by molar-refractivity contribution is 7.89. The van der Waals surface area contributed by atoms with E-state index >= 15 is 0 Å². The predicted octanol–water partition coefficient (Wildman–Crippen LogP) is 0.664. The first-order valence-corrected chi connectivity index (χ1v) is 11.7. The normalized spacial score (nSPS) is 21.1. The zero-order valence-corrected chi connectivity index (χ0v) is 18.3. The maximum Gasteiger partial charge on any atom is 0.292 e. The number of benzene rings is 2. The molecule has 0 aromatic heterocycles. The topological polar surface area (TPSA) is 79.2 Å². The smallest absolute Gasteiger partial charge is 0.292 e. The zero-order valence-electron chi connectivity index (χ0n) is 17.5. The van der Waals surface area contributed by atoms with Gasteiger partial charge in [0.2, 0.25) is 15.9 Å². The Balaban J connectivity index is 1.46. The molecular formula is C22H25FN3O4S+. The zero-order chi connectivity index (χ0) is 22.3. The van der Waals surface area contributed by atoms with E-state index < -0.39 is 21.9 Å². The SMILES string of the molecule is Cc1ccc(C)c(S(=O)(=O)N2CC[NH+]([C@@H]3CC(=O)N(c4ccc(F)cc4)C3=O)CC2)c1. The number of piperazine rings is 1. The monoisotopic (exact) mass is 446 g/mol. The predicted molar refractivity (Wildman–Crippen MR) is 113 cm³/mol. The molecule has 0 bridgehead atoms. The Morgan fingerprint density at radius 3 is 2.29 bits per heavy atom. The lowest BCUT2D eigenvalue weighted by molar-refractivity contribution is -0.918. The summed E-state index contributed by atoms with van der Waals surface area (Å²) in [6, 6.07) is 10.1. The van der Waals surface area contributed by atoms with E-state index in [4.69, 9.17) is 0 Å². The first-order valence-electron chi connectivity index (χ1n) is 10.2. The molecule has 4 rings (SSSR count). The number of rotatable bonds is 4. The number of hydrogen-bond acceptors (Lipinski definition) is 4. The van der Waals surface area contributed by atoms with E-state index in [0.717, 1.165) is 15.4 Å². The van der Waals surface area contributed by atoms with E-state index in [1.165, 1.54) is 28.6 Å². The number of aryl methyl sites for hydroxylation is 2. The fourth-order valence-corrected chi connectivity index (χ4v) is 6.05. The summed E-state index contributed by atoms with van der Waals surface area (Å²) in [4.78, 5) is 27.8. The molecule has 2 saturated heterocycles. The summed E-state index contributed by atoms with van der Waals surface area (Å²) in [5, 5.41) is 0. The van der Waals surface area contributed by atoms with E-state index in [1.54, 1.807) is 19.1 Å². The van der Waals surface area contributed by atoms with Crippen molar-refractivity contribution in [2.45, 2.75) is 31.2 Å². The Morgan fingerprint density at radius 1 is 1.00 bits per heavy atom. The van der Waals surface area contributed by atoms with Crippen molar-refractivity contribution >= 4 is 27.5 Å². The van der Waals surface area contributed by atoms with Crippen molar-refractivity contribution in [2.75, 3.05) is 31.1 Å². The van der Waals surface area contributed by atoms with Gasteiger partial charge in [-0.25, -0.2) is 17.7 Å². The summed E-state index contributed by atoms with van der Waals surface area (Å²) in [7, 11) is -3.62. The minimum absolute atomic E-state index is 0.0648. The number of amides is 2.